The molecule has 0 bridgehead atoms. The fraction of sp³-hybridized carbons (Fsp3) is 0.471. The first-order chi connectivity index (χ1) is 11.8. The third-order valence-corrected chi connectivity index (χ3v) is 3.71. The van der Waals surface area contributed by atoms with Crippen molar-refractivity contribution in [2.75, 3.05) is 13.1 Å². The van der Waals surface area contributed by atoms with Gasteiger partial charge in [0.25, 0.3) is 5.92 Å². The molecule has 1 heterocycles. The van der Waals surface area contributed by atoms with Crippen LogP contribution in [0.25, 0.3) is 11.4 Å². The molecule has 0 saturated heterocycles. The van der Waals surface area contributed by atoms with E-state index in [2.05, 4.69) is 29.3 Å². The molecule has 0 fully saturated rings. The van der Waals surface area contributed by atoms with Crippen molar-refractivity contribution in [3.05, 3.63) is 35.7 Å². The van der Waals surface area contributed by atoms with Crippen molar-refractivity contribution in [1.29, 1.82) is 0 Å². The first kappa shape index (κ1) is 22.0. The number of hydrogen-bond acceptors (Lipinski definition) is 5. The third-order valence-electron chi connectivity index (χ3n) is 3.71. The summed E-state index contributed by atoms with van der Waals surface area (Å²) in [5.74, 6) is -2.48. The van der Waals surface area contributed by atoms with E-state index in [4.69, 9.17) is 10.3 Å². The van der Waals surface area contributed by atoms with Crippen molar-refractivity contribution in [2.24, 2.45) is 5.73 Å². The van der Waals surface area contributed by atoms with Gasteiger partial charge in [-0.3, -0.25) is 4.79 Å². The number of amides is 1. The highest BCUT2D eigenvalue weighted by atomic mass is 35.5. The summed E-state index contributed by atoms with van der Waals surface area (Å²) in [6, 6.07) is 7.82. The van der Waals surface area contributed by atoms with Crippen LogP contribution in [0.1, 0.15) is 37.6 Å². The van der Waals surface area contributed by atoms with Crippen LogP contribution in [0.3, 0.4) is 0 Å². The smallest absolute Gasteiger partial charge is 0.277 e. The van der Waals surface area contributed by atoms with Crippen molar-refractivity contribution < 1.29 is 18.1 Å². The van der Waals surface area contributed by atoms with E-state index in [1.807, 2.05) is 24.3 Å². The maximum Gasteiger partial charge on any atom is 0.277 e. The second-order valence-corrected chi connectivity index (χ2v) is 6.13. The average Bonchev–Trinajstić information content (AvgIpc) is 3.07. The van der Waals surface area contributed by atoms with E-state index < -0.39 is 24.9 Å². The SMILES string of the molecule is CC(C)c1ccc(-c2noc(CCC(=O)NCC(F)(F)CN)n2)cc1.Cl. The number of rotatable bonds is 8. The lowest BCUT2D eigenvalue weighted by Gasteiger charge is -2.14. The number of benzene rings is 1. The van der Waals surface area contributed by atoms with E-state index in [1.165, 1.54) is 5.56 Å². The second-order valence-electron chi connectivity index (χ2n) is 6.13. The summed E-state index contributed by atoms with van der Waals surface area (Å²) in [5, 5.41) is 6.02. The van der Waals surface area contributed by atoms with Crippen LogP contribution in [-0.4, -0.2) is 35.1 Å². The van der Waals surface area contributed by atoms with Crippen LogP contribution in [0.2, 0.25) is 0 Å². The average molecular weight is 389 g/mol. The molecule has 0 aliphatic carbocycles. The standard InChI is InChI=1S/C17H22F2N4O2.ClH/c1-11(2)12-3-5-13(6-4-12)16-22-15(25-23-16)8-7-14(24)21-10-17(18,19)9-20;/h3-6,11H,7-10,20H2,1-2H3,(H,21,24);1H. The maximum atomic E-state index is 13.0. The van der Waals surface area contributed by atoms with E-state index in [9.17, 15) is 13.6 Å². The van der Waals surface area contributed by atoms with E-state index in [0.717, 1.165) is 5.56 Å². The van der Waals surface area contributed by atoms with Gasteiger partial charge in [0.15, 0.2) is 0 Å². The highest BCUT2D eigenvalue weighted by Crippen LogP contribution is 2.20. The number of aromatic nitrogens is 2. The minimum absolute atomic E-state index is 0. The topological polar surface area (TPSA) is 94.0 Å². The Morgan fingerprint density at radius 3 is 2.54 bits per heavy atom. The largest absolute Gasteiger partial charge is 0.350 e. The summed E-state index contributed by atoms with van der Waals surface area (Å²) in [6.07, 6.45) is 0.158. The van der Waals surface area contributed by atoms with Gasteiger partial charge in [-0.25, -0.2) is 8.78 Å². The van der Waals surface area contributed by atoms with Gasteiger partial charge in [0.2, 0.25) is 17.6 Å². The van der Waals surface area contributed by atoms with Crippen molar-refractivity contribution in [3.8, 4) is 11.4 Å². The molecule has 0 saturated carbocycles. The molecular weight excluding hydrogens is 366 g/mol. The van der Waals surface area contributed by atoms with Crippen molar-refractivity contribution in [3.63, 3.8) is 0 Å². The highest BCUT2D eigenvalue weighted by Gasteiger charge is 2.27. The van der Waals surface area contributed by atoms with Gasteiger partial charge < -0.3 is 15.6 Å². The minimum Gasteiger partial charge on any atom is -0.350 e. The normalized spacial score (nSPS) is 11.3. The predicted octanol–water partition coefficient (Wildman–Crippen LogP) is 2.92. The molecule has 1 amide bonds. The Morgan fingerprint density at radius 1 is 1.31 bits per heavy atom. The fourth-order valence-electron chi connectivity index (χ4n) is 2.10. The number of alkyl halides is 2. The van der Waals surface area contributed by atoms with Crippen LogP contribution < -0.4 is 11.1 Å². The quantitative estimate of drug-likeness (QED) is 0.725. The lowest BCUT2D eigenvalue weighted by Crippen LogP contribution is -2.41. The number of nitrogens with one attached hydrogen (secondary N) is 1. The Bertz CT molecular complexity index is 705. The van der Waals surface area contributed by atoms with Crippen LogP contribution in [-0.2, 0) is 11.2 Å². The summed E-state index contributed by atoms with van der Waals surface area (Å²) in [4.78, 5) is 15.8. The Hall–Kier alpha value is -2.06. The number of carbonyl (C=O) groups is 1. The van der Waals surface area contributed by atoms with E-state index in [1.54, 1.807) is 0 Å². The molecule has 26 heavy (non-hydrogen) atoms. The zero-order valence-corrected chi connectivity index (χ0v) is 15.5. The van der Waals surface area contributed by atoms with Crippen molar-refractivity contribution in [1.82, 2.24) is 15.5 Å². The summed E-state index contributed by atoms with van der Waals surface area (Å²) in [5.41, 5.74) is 6.93. The molecule has 1 aromatic heterocycles. The molecule has 1 aromatic carbocycles. The summed E-state index contributed by atoms with van der Waals surface area (Å²) in [6.45, 7) is 2.63. The lowest BCUT2D eigenvalue weighted by atomic mass is 10.0. The molecule has 0 spiro atoms. The Labute approximate surface area is 156 Å². The van der Waals surface area contributed by atoms with E-state index in [-0.39, 0.29) is 31.1 Å². The van der Waals surface area contributed by atoms with Gasteiger partial charge in [-0.05, 0) is 11.5 Å². The molecule has 0 radical (unpaired) electrons. The molecule has 0 aliphatic heterocycles. The van der Waals surface area contributed by atoms with Crippen molar-refractivity contribution in [2.45, 2.75) is 38.5 Å². The Balaban J connectivity index is 0.00000338. The van der Waals surface area contributed by atoms with Crippen molar-refractivity contribution >= 4 is 18.3 Å². The number of halogens is 3. The van der Waals surface area contributed by atoms with Crippen LogP contribution in [0, 0.1) is 0 Å². The molecule has 0 unspecified atom stereocenters. The number of hydrogen-bond donors (Lipinski definition) is 2. The van der Waals surface area contributed by atoms with Crippen LogP contribution in [0.4, 0.5) is 8.78 Å². The van der Waals surface area contributed by atoms with Gasteiger partial charge in [0, 0.05) is 18.4 Å². The van der Waals surface area contributed by atoms with Gasteiger partial charge >= 0.3 is 0 Å². The first-order valence-electron chi connectivity index (χ1n) is 8.08. The second kappa shape index (κ2) is 9.59. The number of aryl methyl sites for hydroxylation is 1. The van der Waals surface area contributed by atoms with Gasteiger partial charge in [-0.2, -0.15) is 4.98 Å². The van der Waals surface area contributed by atoms with Gasteiger partial charge in [-0.1, -0.05) is 43.3 Å². The predicted molar refractivity (Wildman–Crippen MR) is 96.4 cm³/mol. The van der Waals surface area contributed by atoms with E-state index in [0.29, 0.717) is 11.7 Å². The van der Waals surface area contributed by atoms with E-state index >= 15 is 0 Å². The zero-order valence-electron chi connectivity index (χ0n) is 14.7. The van der Waals surface area contributed by atoms with Gasteiger partial charge in [0.1, 0.15) is 0 Å². The molecule has 3 N–H and O–H groups in total. The van der Waals surface area contributed by atoms with Crippen LogP contribution in [0.15, 0.2) is 28.8 Å². The fourth-order valence-corrected chi connectivity index (χ4v) is 2.10. The molecule has 9 heteroatoms. The van der Waals surface area contributed by atoms with Gasteiger partial charge in [0.05, 0.1) is 13.1 Å². The highest BCUT2D eigenvalue weighted by molar-refractivity contribution is 5.85. The number of nitrogens with zero attached hydrogens (tertiary/aromatic N) is 2. The van der Waals surface area contributed by atoms with Crippen LogP contribution >= 0.6 is 12.4 Å². The first-order valence-corrected chi connectivity index (χ1v) is 8.08. The molecule has 2 rings (SSSR count). The number of nitrogens with two attached hydrogens (primary N) is 1. The molecule has 2 aromatic rings. The molecule has 6 nitrogen and oxygen atoms in total. The Kier molecular flexibility index (Phi) is 8.10. The summed E-state index contributed by atoms with van der Waals surface area (Å²) in [7, 11) is 0. The summed E-state index contributed by atoms with van der Waals surface area (Å²) >= 11 is 0. The molecule has 0 atom stereocenters. The number of carbonyl (C=O) groups excluding carboxylic acids is 1. The minimum atomic E-state index is -3.10. The third kappa shape index (κ3) is 6.34. The molecular formula is C17H23ClF2N4O2. The van der Waals surface area contributed by atoms with Gasteiger partial charge in [-0.15, -0.1) is 12.4 Å². The van der Waals surface area contributed by atoms with Crippen LogP contribution in [0.5, 0.6) is 0 Å². The monoisotopic (exact) mass is 388 g/mol. The zero-order chi connectivity index (χ0) is 18.4. The maximum absolute atomic E-state index is 13.0. The Morgan fingerprint density at radius 2 is 1.96 bits per heavy atom. The lowest BCUT2D eigenvalue weighted by molar-refractivity contribution is -0.122. The molecule has 0 aliphatic rings. The summed E-state index contributed by atoms with van der Waals surface area (Å²) < 4.78 is 31.0. The molecule has 144 valence electrons.